The van der Waals surface area contributed by atoms with Crippen molar-refractivity contribution in [2.75, 3.05) is 11.6 Å². The molecule has 0 bridgehead atoms. The van der Waals surface area contributed by atoms with Gasteiger partial charge in [-0.05, 0) is 42.7 Å². The zero-order valence-corrected chi connectivity index (χ0v) is 13.1. The van der Waals surface area contributed by atoms with E-state index in [-0.39, 0.29) is 10.7 Å². The highest BCUT2D eigenvalue weighted by molar-refractivity contribution is 7.90. The third-order valence-corrected chi connectivity index (χ3v) is 4.42. The van der Waals surface area contributed by atoms with Crippen molar-refractivity contribution in [3.63, 3.8) is 0 Å². The molecule has 0 saturated heterocycles. The van der Waals surface area contributed by atoms with Gasteiger partial charge in [0, 0.05) is 12.8 Å². The minimum Gasteiger partial charge on any atom is -0.380 e. The lowest BCUT2D eigenvalue weighted by Gasteiger charge is -2.12. The normalized spacial score (nSPS) is 11.4. The fourth-order valence-corrected chi connectivity index (χ4v) is 3.14. The maximum absolute atomic E-state index is 13.6. The second kappa shape index (κ2) is 5.85. The van der Waals surface area contributed by atoms with E-state index in [4.69, 9.17) is 0 Å². The van der Waals surface area contributed by atoms with Gasteiger partial charge in [-0.1, -0.05) is 24.3 Å². The number of hydrogen-bond acceptors (Lipinski definition) is 3. The Morgan fingerprint density at radius 3 is 2.24 bits per heavy atom. The van der Waals surface area contributed by atoms with Gasteiger partial charge < -0.3 is 5.32 Å². The Morgan fingerprint density at radius 1 is 1.10 bits per heavy atom. The van der Waals surface area contributed by atoms with Crippen LogP contribution in [0.2, 0.25) is 0 Å². The van der Waals surface area contributed by atoms with Crippen LogP contribution in [0.25, 0.3) is 0 Å². The molecule has 3 nitrogen and oxygen atoms in total. The standard InChI is InChI=1S/C16H18FNO2S/c1-11-8-13(9-12(2)16(11)17)10-18-14-6-4-5-7-15(14)21(3,19)20/h4-9,18H,10H2,1-3H3. The number of benzene rings is 2. The van der Waals surface area contributed by atoms with Crippen LogP contribution in [0.15, 0.2) is 41.3 Å². The molecule has 0 spiro atoms. The number of halogens is 1. The van der Waals surface area contributed by atoms with Crippen LogP contribution in [0.4, 0.5) is 10.1 Å². The Morgan fingerprint density at radius 2 is 1.67 bits per heavy atom. The molecule has 0 aromatic heterocycles. The van der Waals surface area contributed by atoms with Crippen molar-refractivity contribution in [3.8, 4) is 0 Å². The molecule has 0 atom stereocenters. The fourth-order valence-electron chi connectivity index (χ4n) is 2.27. The van der Waals surface area contributed by atoms with Crippen LogP contribution in [-0.4, -0.2) is 14.7 Å². The average molecular weight is 307 g/mol. The number of aryl methyl sites for hydroxylation is 2. The first-order valence-corrected chi connectivity index (χ1v) is 8.47. The predicted molar refractivity (Wildman–Crippen MR) is 82.8 cm³/mol. The zero-order chi connectivity index (χ0) is 15.6. The van der Waals surface area contributed by atoms with Gasteiger partial charge in [-0.15, -0.1) is 0 Å². The quantitative estimate of drug-likeness (QED) is 0.941. The van der Waals surface area contributed by atoms with Crippen molar-refractivity contribution in [2.24, 2.45) is 0 Å². The maximum Gasteiger partial charge on any atom is 0.177 e. The fraction of sp³-hybridized carbons (Fsp3) is 0.250. The van der Waals surface area contributed by atoms with E-state index in [0.717, 1.165) is 5.56 Å². The topological polar surface area (TPSA) is 46.2 Å². The molecule has 0 aliphatic heterocycles. The summed E-state index contributed by atoms with van der Waals surface area (Å²) < 4.78 is 37.1. The molecule has 2 aromatic carbocycles. The van der Waals surface area contributed by atoms with Crippen LogP contribution in [0, 0.1) is 19.7 Å². The molecule has 0 aliphatic rings. The summed E-state index contributed by atoms with van der Waals surface area (Å²) in [5, 5.41) is 3.11. The first-order chi connectivity index (χ1) is 9.79. The van der Waals surface area contributed by atoms with Crippen molar-refractivity contribution in [1.29, 1.82) is 0 Å². The number of nitrogens with one attached hydrogen (secondary N) is 1. The van der Waals surface area contributed by atoms with Crippen LogP contribution < -0.4 is 5.32 Å². The second-order valence-corrected chi connectivity index (χ2v) is 7.15. The van der Waals surface area contributed by atoms with E-state index < -0.39 is 9.84 Å². The van der Waals surface area contributed by atoms with Crippen molar-refractivity contribution in [1.82, 2.24) is 0 Å². The summed E-state index contributed by atoms with van der Waals surface area (Å²) >= 11 is 0. The van der Waals surface area contributed by atoms with Crippen LogP contribution in [0.5, 0.6) is 0 Å². The lowest BCUT2D eigenvalue weighted by molar-refractivity contribution is 0.602. The highest BCUT2D eigenvalue weighted by Gasteiger charge is 2.12. The van der Waals surface area contributed by atoms with Crippen molar-refractivity contribution < 1.29 is 12.8 Å². The summed E-state index contributed by atoms with van der Waals surface area (Å²) in [6, 6.07) is 10.3. The van der Waals surface area contributed by atoms with Crippen LogP contribution in [0.1, 0.15) is 16.7 Å². The number of para-hydroxylation sites is 1. The zero-order valence-electron chi connectivity index (χ0n) is 12.3. The Kier molecular flexibility index (Phi) is 4.32. The van der Waals surface area contributed by atoms with Gasteiger partial charge in [0.25, 0.3) is 0 Å². The van der Waals surface area contributed by atoms with Gasteiger partial charge in [0.05, 0.1) is 10.6 Å². The number of anilines is 1. The van der Waals surface area contributed by atoms with Gasteiger partial charge in [0.2, 0.25) is 0 Å². The van der Waals surface area contributed by atoms with Gasteiger partial charge in [0.1, 0.15) is 5.82 Å². The van der Waals surface area contributed by atoms with E-state index in [9.17, 15) is 12.8 Å². The highest BCUT2D eigenvalue weighted by Crippen LogP contribution is 2.22. The molecule has 0 radical (unpaired) electrons. The van der Waals surface area contributed by atoms with E-state index in [0.29, 0.717) is 23.4 Å². The molecule has 21 heavy (non-hydrogen) atoms. The predicted octanol–water partition coefficient (Wildman–Crippen LogP) is 3.46. The van der Waals surface area contributed by atoms with Gasteiger partial charge in [0.15, 0.2) is 9.84 Å². The first-order valence-electron chi connectivity index (χ1n) is 6.57. The molecule has 0 unspecified atom stereocenters. The lowest BCUT2D eigenvalue weighted by Crippen LogP contribution is -2.06. The first kappa shape index (κ1) is 15.5. The van der Waals surface area contributed by atoms with Crippen LogP contribution in [-0.2, 0) is 16.4 Å². The largest absolute Gasteiger partial charge is 0.380 e. The van der Waals surface area contributed by atoms with E-state index >= 15 is 0 Å². The molecule has 2 rings (SSSR count). The summed E-state index contributed by atoms with van der Waals surface area (Å²) in [7, 11) is -3.28. The molecule has 2 aromatic rings. The van der Waals surface area contributed by atoms with Crippen LogP contribution >= 0.6 is 0 Å². The maximum atomic E-state index is 13.6. The average Bonchev–Trinajstić information content (AvgIpc) is 2.41. The summed E-state index contributed by atoms with van der Waals surface area (Å²) in [4.78, 5) is 0.264. The number of rotatable bonds is 4. The minimum absolute atomic E-state index is 0.199. The summed E-state index contributed by atoms with van der Waals surface area (Å²) in [6.07, 6.45) is 1.18. The lowest BCUT2D eigenvalue weighted by atomic mass is 10.1. The Labute approximate surface area is 124 Å². The second-order valence-electron chi connectivity index (χ2n) is 5.17. The van der Waals surface area contributed by atoms with Crippen LogP contribution in [0.3, 0.4) is 0 Å². The van der Waals surface area contributed by atoms with Gasteiger partial charge >= 0.3 is 0 Å². The Balaban J connectivity index is 2.26. The third-order valence-electron chi connectivity index (χ3n) is 3.27. The molecule has 0 heterocycles. The molecular formula is C16H18FNO2S. The molecule has 0 amide bonds. The smallest absolute Gasteiger partial charge is 0.177 e. The van der Waals surface area contributed by atoms with E-state index in [1.165, 1.54) is 6.26 Å². The van der Waals surface area contributed by atoms with Gasteiger partial charge in [-0.2, -0.15) is 0 Å². The Hall–Kier alpha value is -1.88. The van der Waals surface area contributed by atoms with Gasteiger partial charge in [-0.3, -0.25) is 0 Å². The number of sulfone groups is 1. The van der Waals surface area contributed by atoms with E-state index in [1.807, 2.05) is 0 Å². The van der Waals surface area contributed by atoms with Crippen molar-refractivity contribution >= 4 is 15.5 Å². The van der Waals surface area contributed by atoms with Gasteiger partial charge in [-0.25, -0.2) is 12.8 Å². The monoisotopic (exact) mass is 307 g/mol. The molecule has 112 valence electrons. The van der Waals surface area contributed by atoms with E-state index in [2.05, 4.69) is 5.32 Å². The minimum atomic E-state index is -3.28. The Bertz CT molecular complexity index is 747. The SMILES string of the molecule is Cc1cc(CNc2ccccc2S(C)(=O)=O)cc(C)c1F. The highest BCUT2D eigenvalue weighted by atomic mass is 32.2. The summed E-state index contributed by atoms with van der Waals surface area (Å²) in [6.45, 7) is 3.88. The molecular weight excluding hydrogens is 289 g/mol. The summed E-state index contributed by atoms with van der Waals surface area (Å²) in [5.41, 5.74) is 2.64. The molecule has 5 heteroatoms. The molecule has 0 fully saturated rings. The van der Waals surface area contributed by atoms with Crippen molar-refractivity contribution in [3.05, 3.63) is 58.9 Å². The number of hydrogen-bond donors (Lipinski definition) is 1. The molecule has 1 N–H and O–H groups in total. The molecule has 0 saturated carbocycles. The van der Waals surface area contributed by atoms with Crippen molar-refractivity contribution in [2.45, 2.75) is 25.3 Å². The molecule has 0 aliphatic carbocycles. The third kappa shape index (κ3) is 3.61. The van der Waals surface area contributed by atoms with E-state index in [1.54, 1.807) is 50.2 Å². The summed E-state index contributed by atoms with van der Waals surface area (Å²) in [5.74, 6) is -0.199.